The lowest BCUT2D eigenvalue weighted by Crippen LogP contribution is -2.30. The summed E-state index contributed by atoms with van der Waals surface area (Å²) in [5, 5.41) is 10.6. The molecule has 1 amide bonds. The highest BCUT2D eigenvalue weighted by atomic mass is 19.1. The lowest BCUT2D eigenvalue weighted by atomic mass is 10.0. The van der Waals surface area contributed by atoms with Crippen LogP contribution in [-0.2, 0) is 4.79 Å². The van der Waals surface area contributed by atoms with E-state index in [0.29, 0.717) is 19.3 Å². The van der Waals surface area contributed by atoms with E-state index in [-0.39, 0.29) is 30.2 Å². The average molecular weight is 319 g/mol. The number of ether oxygens (including phenoxy) is 1. The molecule has 0 saturated heterocycles. The van der Waals surface area contributed by atoms with Gasteiger partial charge in [0.05, 0.1) is 11.6 Å². The molecule has 23 heavy (non-hydrogen) atoms. The van der Waals surface area contributed by atoms with Crippen molar-refractivity contribution in [2.75, 3.05) is 6.61 Å². The monoisotopic (exact) mass is 319 g/mol. The molecule has 2 aliphatic rings. The Morgan fingerprint density at radius 3 is 2.91 bits per heavy atom. The van der Waals surface area contributed by atoms with Gasteiger partial charge in [-0.2, -0.15) is 10.2 Å². The molecule has 3 rings (SSSR count). The van der Waals surface area contributed by atoms with Gasteiger partial charge in [0.1, 0.15) is 24.0 Å². The number of carbonyl (C=O) groups is 1. The van der Waals surface area contributed by atoms with E-state index in [4.69, 9.17) is 11.2 Å². The van der Waals surface area contributed by atoms with Crippen LogP contribution in [0.3, 0.4) is 0 Å². The molecule has 0 aliphatic carbocycles. The second-order valence-corrected chi connectivity index (χ2v) is 5.62. The van der Waals surface area contributed by atoms with Crippen LogP contribution in [0, 0.1) is 24.0 Å². The van der Waals surface area contributed by atoms with Crippen molar-refractivity contribution in [3.63, 3.8) is 0 Å². The van der Waals surface area contributed by atoms with Crippen LogP contribution >= 0.6 is 0 Å². The quantitative estimate of drug-likeness (QED) is 0.820. The maximum absolute atomic E-state index is 13.9. The van der Waals surface area contributed by atoms with Gasteiger partial charge >= 0.3 is 0 Å². The third-order valence-electron chi connectivity index (χ3n) is 3.95. The van der Waals surface area contributed by atoms with Gasteiger partial charge in [0, 0.05) is 37.8 Å². The van der Waals surface area contributed by atoms with Gasteiger partial charge in [0.2, 0.25) is 5.91 Å². The van der Waals surface area contributed by atoms with Crippen LogP contribution in [0.5, 0.6) is 5.75 Å². The molecule has 0 bridgehead atoms. The first-order chi connectivity index (χ1) is 11.0. The number of hydrogen-bond donors (Lipinski definition) is 1. The molecule has 0 aromatic heterocycles. The van der Waals surface area contributed by atoms with Crippen LogP contribution in [0.25, 0.3) is 0 Å². The molecule has 1 aromatic carbocycles. The summed E-state index contributed by atoms with van der Waals surface area (Å²) in [5.74, 6) is 0.966. The fourth-order valence-corrected chi connectivity index (χ4v) is 2.64. The van der Waals surface area contributed by atoms with Gasteiger partial charge < -0.3 is 10.1 Å². The zero-order valence-corrected chi connectivity index (χ0v) is 12.3. The van der Waals surface area contributed by atoms with Crippen LogP contribution in [0.15, 0.2) is 22.4 Å². The van der Waals surface area contributed by atoms with Gasteiger partial charge in [-0.25, -0.2) is 8.78 Å². The number of halogens is 2. The highest BCUT2D eigenvalue weighted by molar-refractivity contribution is 5.77. The highest BCUT2D eigenvalue weighted by Crippen LogP contribution is 2.38. The number of nitrogens with one attached hydrogen (secondary N) is 1. The molecular weight excluding hydrogens is 304 g/mol. The standard InChI is InChI=1S/C16H15F2N3O2/c1-2-3-5-16(20-21-16)6-4-14(22)19-12-9-23-13-8-10(17)7-11(18)15(12)13/h1,7-8,12H,3-6,9H2,(H,19,22). The Morgan fingerprint density at radius 2 is 2.22 bits per heavy atom. The third-order valence-corrected chi connectivity index (χ3v) is 3.95. The van der Waals surface area contributed by atoms with Crippen molar-refractivity contribution in [3.8, 4) is 18.1 Å². The Morgan fingerprint density at radius 1 is 1.43 bits per heavy atom. The Labute approximate surface area is 132 Å². The molecule has 120 valence electrons. The molecule has 0 fully saturated rings. The first-order valence-electron chi connectivity index (χ1n) is 7.32. The van der Waals surface area contributed by atoms with Gasteiger partial charge in [0.15, 0.2) is 5.66 Å². The molecule has 0 radical (unpaired) electrons. The van der Waals surface area contributed by atoms with Gasteiger partial charge in [-0.3, -0.25) is 4.79 Å². The zero-order valence-electron chi connectivity index (χ0n) is 12.3. The Bertz CT molecular complexity index is 706. The molecule has 0 saturated carbocycles. The van der Waals surface area contributed by atoms with E-state index in [9.17, 15) is 13.6 Å². The van der Waals surface area contributed by atoms with Gasteiger partial charge in [-0.15, -0.1) is 12.3 Å². The van der Waals surface area contributed by atoms with Crippen LogP contribution in [0.1, 0.15) is 37.3 Å². The summed E-state index contributed by atoms with van der Waals surface area (Å²) in [5.41, 5.74) is -0.343. The molecule has 1 unspecified atom stereocenters. The molecule has 5 nitrogen and oxygen atoms in total. The Hall–Kier alpha value is -2.49. The highest BCUT2D eigenvalue weighted by Gasteiger charge is 2.39. The van der Waals surface area contributed by atoms with Crippen molar-refractivity contribution in [2.45, 2.75) is 37.4 Å². The van der Waals surface area contributed by atoms with E-state index < -0.39 is 23.3 Å². The molecular formula is C16H15F2N3O2. The third kappa shape index (κ3) is 3.31. The van der Waals surface area contributed by atoms with Crippen LogP contribution in [-0.4, -0.2) is 18.2 Å². The fraction of sp³-hybridized carbons (Fsp3) is 0.438. The molecule has 2 aliphatic heterocycles. The lowest BCUT2D eigenvalue weighted by Gasteiger charge is -2.13. The predicted octanol–water partition coefficient (Wildman–Crippen LogP) is 2.87. The molecule has 1 atom stereocenters. The minimum atomic E-state index is -0.722. The van der Waals surface area contributed by atoms with Crippen LogP contribution < -0.4 is 10.1 Å². The molecule has 7 heteroatoms. The number of amides is 1. The molecule has 1 aromatic rings. The number of terminal acetylenes is 1. The summed E-state index contributed by atoms with van der Waals surface area (Å²) in [4.78, 5) is 12.0. The second-order valence-electron chi connectivity index (χ2n) is 5.62. The van der Waals surface area contributed by atoms with E-state index in [1.54, 1.807) is 0 Å². The number of nitrogens with zero attached hydrogens (tertiary/aromatic N) is 2. The van der Waals surface area contributed by atoms with Gasteiger partial charge in [-0.1, -0.05) is 0 Å². The van der Waals surface area contributed by atoms with Crippen LogP contribution in [0.2, 0.25) is 0 Å². The smallest absolute Gasteiger partial charge is 0.220 e. The first-order valence-corrected chi connectivity index (χ1v) is 7.32. The number of rotatable bonds is 6. The second kappa shape index (κ2) is 5.95. The number of benzene rings is 1. The Balaban J connectivity index is 1.56. The topological polar surface area (TPSA) is 63.0 Å². The SMILES string of the molecule is C#CCCC1(CCC(=O)NC2COc3cc(F)cc(F)c32)N=N1. The van der Waals surface area contributed by atoms with E-state index in [0.717, 1.165) is 12.1 Å². The summed E-state index contributed by atoms with van der Waals surface area (Å²) < 4.78 is 32.2. The average Bonchev–Trinajstić information content (AvgIpc) is 3.17. The number of fused-ring (bicyclic) bond motifs is 1. The van der Waals surface area contributed by atoms with Crippen LogP contribution in [0.4, 0.5) is 8.78 Å². The number of hydrogen-bond acceptors (Lipinski definition) is 4. The Kier molecular flexibility index (Phi) is 3.99. The minimum absolute atomic E-state index is 0.0818. The van der Waals surface area contributed by atoms with Crippen molar-refractivity contribution in [1.29, 1.82) is 0 Å². The molecule has 2 heterocycles. The fourth-order valence-electron chi connectivity index (χ4n) is 2.64. The summed E-state index contributed by atoms with van der Waals surface area (Å²) in [6.07, 6.45) is 7.05. The van der Waals surface area contributed by atoms with Crippen molar-refractivity contribution < 1.29 is 18.3 Å². The van der Waals surface area contributed by atoms with E-state index in [1.165, 1.54) is 0 Å². The summed E-state index contributed by atoms with van der Waals surface area (Å²) >= 11 is 0. The van der Waals surface area contributed by atoms with Crippen molar-refractivity contribution in [3.05, 3.63) is 29.3 Å². The summed E-state index contributed by atoms with van der Waals surface area (Å²) in [7, 11) is 0. The van der Waals surface area contributed by atoms with E-state index >= 15 is 0 Å². The first kappa shape index (κ1) is 15.4. The molecule has 1 N–H and O–H groups in total. The van der Waals surface area contributed by atoms with E-state index in [1.807, 2.05) is 0 Å². The predicted molar refractivity (Wildman–Crippen MR) is 77.6 cm³/mol. The van der Waals surface area contributed by atoms with E-state index in [2.05, 4.69) is 21.5 Å². The maximum atomic E-state index is 13.9. The van der Waals surface area contributed by atoms with Gasteiger partial charge in [-0.05, 0) is 0 Å². The minimum Gasteiger partial charge on any atom is -0.490 e. The summed E-state index contributed by atoms with van der Waals surface area (Å²) in [6, 6.07) is 1.28. The largest absolute Gasteiger partial charge is 0.490 e. The normalized spacial score (nSPS) is 19.6. The lowest BCUT2D eigenvalue weighted by molar-refractivity contribution is -0.122. The van der Waals surface area contributed by atoms with Crippen molar-refractivity contribution >= 4 is 5.91 Å². The number of carbonyl (C=O) groups excluding carboxylic acids is 1. The summed E-state index contributed by atoms with van der Waals surface area (Å²) in [6.45, 7) is 0.0818. The maximum Gasteiger partial charge on any atom is 0.220 e. The zero-order chi connectivity index (χ0) is 16.4. The van der Waals surface area contributed by atoms with Crippen molar-refractivity contribution in [2.24, 2.45) is 10.2 Å². The molecule has 0 spiro atoms. The van der Waals surface area contributed by atoms with Crippen molar-refractivity contribution in [1.82, 2.24) is 5.32 Å². The van der Waals surface area contributed by atoms with Gasteiger partial charge in [0.25, 0.3) is 0 Å².